The zero-order chi connectivity index (χ0) is 14.0. The van der Waals surface area contributed by atoms with Crippen molar-refractivity contribution in [2.45, 2.75) is 32.9 Å². The van der Waals surface area contributed by atoms with Crippen LogP contribution in [0.15, 0.2) is 24.3 Å². The third kappa shape index (κ3) is 3.15. The number of halogens is 3. The predicted molar refractivity (Wildman–Crippen MR) is 71.3 cm³/mol. The summed E-state index contributed by atoms with van der Waals surface area (Å²) in [5.74, 6) is 0. The molecule has 1 aromatic carbocycles. The first-order valence-corrected chi connectivity index (χ1v) is 6.87. The average molecular weight is 285 g/mol. The van der Waals surface area contributed by atoms with Crippen molar-refractivity contribution in [3.8, 4) is 10.6 Å². The second-order valence-corrected chi connectivity index (χ2v) is 5.44. The van der Waals surface area contributed by atoms with Crippen LogP contribution in [0.4, 0.5) is 13.2 Å². The number of aromatic nitrogens is 1. The molecule has 0 amide bonds. The Morgan fingerprint density at radius 3 is 2.32 bits per heavy atom. The van der Waals surface area contributed by atoms with Crippen molar-refractivity contribution >= 4 is 11.3 Å². The molecule has 0 unspecified atom stereocenters. The van der Waals surface area contributed by atoms with Gasteiger partial charge in [0.2, 0.25) is 0 Å². The van der Waals surface area contributed by atoms with Gasteiger partial charge in [-0.3, -0.25) is 0 Å². The van der Waals surface area contributed by atoms with Gasteiger partial charge in [0.1, 0.15) is 5.01 Å². The van der Waals surface area contributed by atoms with Crippen molar-refractivity contribution in [3.63, 3.8) is 0 Å². The molecule has 1 aromatic heterocycles. The van der Waals surface area contributed by atoms with E-state index in [4.69, 9.17) is 0 Å². The van der Waals surface area contributed by atoms with E-state index in [0.717, 1.165) is 41.2 Å². The largest absolute Gasteiger partial charge is 0.416 e. The second-order valence-electron chi connectivity index (χ2n) is 4.35. The Labute approximate surface area is 114 Å². The summed E-state index contributed by atoms with van der Waals surface area (Å²) in [7, 11) is 0. The summed E-state index contributed by atoms with van der Waals surface area (Å²) in [5, 5.41) is 0.787. The van der Waals surface area contributed by atoms with Crippen LogP contribution in [0, 0.1) is 6.92 Å². The van der Waals surface area contributed by atoms with E-state index in [1.165, 1.54) is 17.0 Å². The van der Waals surface area contributed by atoms with Gasteiger partial charge in [0.05, 0.1) is 11.3 Å². The summed E-state index contributed by atoms with van der Waals surface area (Å²) in [6, 6.07) is 5.17. The maximum Gasteiger partial charge on any atom is 0.416 e. The zero-order valence-corrected chi connectivity index (χ0v) is 11.5. The van der Waals surface area contributed by atoms with Crippen molar-refractivity contribution in [1.29, 1.82) is 0 Å². The minimum Gasteiger partial charge on any atom is -0.241 e. The lowest BCUT2D eigenvalue weighted by Gasteiger charge is -2.06. The first-order valence-electron chi connectivity index (χ1n) is 6.05. The summed E-state index contributed by atoms with van der Waals surface area (Å²) < 4.78 is 37.4. The average Bonchev–Trinajstić information content (AvgIpc) is 2.71. The topological polar surface area (TPSA) is 12.9 Å². The van der Waals surface area contributed by atoms with Gasteiger partial charge in [-0.25, -0.2) is 4.98 Å². The molecule has 0 bridgehead atoms. The number of hydrogen-bond donors (Lipinski definition) is 0. The monoisotopic (exact) mass is 285 g/mol. The molecule has 102 valence electrons. The number of hydrogen-bond acceptors (Lipinski definition) is 2. The molecular formula is C14H14F3NS. The van der Waals surface area contributed by atoms with Crippen LogP contribution >= 0.6 is 11.3 Å². The van der Waals surface area contributed by atoms with Crippen LogP contribution < -0.4 is 0 Å². The zero-order valence-electron chi connectivity index (χ0n) is 10.7. The standard InChI is InChI=1S/C14H14F3NS/c1-3-4-12-9(2)18-13(19-12)10-5-7-11(8-6-10)14(15,16)17/h5-8H,3-4H2,1-2H3. The molecule has 0 radical (unpaired) electrons. The number of benzene rings is 1. The maximum atomic E-state index is 12.5. The molecule has 0 saturated carbocycles. The Bertz CT molecular complexity index is 555. The molecule has 1 nitrogen and oxygen atoms in total. The summed E-state index contributed by atoms with van der Waals surface area (Å²) in [5.41, 5.74) is 1.09. The number of thiazole rings is 1. The van der Waals surface area contributed by atoms with Crippen LogP contribution in [0.2, 0.25) is 0 Å². The Morgan fingerprint density at radius 1 is 1.16 bits per heavy atom. The van der Waals surface area contributed by atoms with E-state index in [1.54, 1.807) is 11.3 Å². The lowest BCUT2D eigenvalue weighted by Crippen LogP contribution is -2.03. The van der Waals surface area contributed by atoms with Crippen molar-refractivity contribution in [2.24, 2.45) is 0 Å². The van der Waals surface area contributed by atoms with Crippen LogP contribution in [0.25, 0.3) is 10.6 Å². The Balaban J connectivity index is 2.30. The van der Waals surface area contributed by atoms with Gasteiger partial charge in [-0.1, -0.05) is 25.5 Å². The molecule has 0 aliphatic carbocycles. The third-order valence-electron chi connectivity index (χ3n) is 2.83. The molecule has 0 N–H and O–H groups in total. The molecule has 2 aromatic rings. The third-order valence-corrected chi connectivity index (χ3v) is 4.10. The van der Waals surface area contributed by atoms with Crippen LogP contribution in [-0.2, 0) is 12.6 Å². The van der Waals surface area contributed by atoms with E-state index in [1.807, 2.05) is 6.92 Å². The summed E-state index contributed by atoms with van der Waals surface area (Å²) in [6.45, 7) is 4.03. The van der Waals surface area contributed by atoms with Crippen molar-refractivity contribution in [2.75, 3.05) is 0 Å². The molecule has 0 aliphatic rings. The highest BCUT2D eigenvalue weighted by molar-refractivity contribution is 7.15. The highest BCUT2D eigenvalue weighted by atomic mass is 32.1. The van der Waals surface area contributed by atoms with Crippen molar-refractivity contribution in [1.82, 2.24) is 4.98 Å². The molecule has 0 saturated heterocycles. The van der Waals surface area contributed by atoms with Crippen molar-refractivity contribution < 1.29 is 13.2 Å². The first-order chi connectivity index (χ1) is 8.91. The summed E-state index contributed by atoms with van der Waals surface area (Å²) >= 11 is 1.56. The fraction of sp³-hybridized carbons (Fsp3) is 0.357. The lowest BCUT2D eigenvalue weighted by atomic mass is 10.1. The fourth-order valence-corrected chi connectivity index (χ4v) is 2.98. The molecule has 2 rings (SSSR count). The molecule has 0 spiro atoms. The Kier molecular flexibility index (Phi) is 3.94. The Hall–Kier alpha value is -1.36. The van der Waals surface area contributed by atoms with E-state index < -0.39 is 11.7 Å². The number of aryl methyl sites for hydroxylation is 2. The number of nitrogens with zero attached hydrogens (tertiary/aromatic N) is 1. The van der Waals surface area contributed by atoms with Gasteiger partial charge in [-0.05, 0) is 25.5 Å². The smallest absolute Gasteiger partial charge is 0.241 e. The van der Waals surface area contributed by atoms with E-state index >= 15 is 0 Å². The van der Waals surface area contributed by atoms with E-state index in [2.05, 4.69) is 11.9 Å². The van der Waals surface area contributed by atoms with E-state index in [0.29, 0.717) is 0 Å². The van der Waals surface area contributed by atoms with Gasteiger partial charge in [0.25, 0.3) is 0 Å². The quantitative estimate of drug-likeness (QED) is 0.765. The van der Waals surface area contributed by atoms with E-state index in [9.17, 15) is 13.2 Å². The fourth-order valence-electron chi connectivity index (χ4n) is 1.81. The van der Waals surface area contributed by atoms with Crippen molar-refractivity contribution in [3.05, 3.63) is 40.4 Å². The Morgan fingerprint density at radius 2 is 1.79 bits per heavy atom. The highest BCUT2D eigenvalue weighted by Crippen LogP contribution is 2.33. The minimum atomic E-state index is -4.29. The lowest BCUT2D eigenvalue weighted by molar-refractivity contribution is -0.137. The normalized spacial score (nSPS) is 11.8. The number of rotatable bonds is 3. The minimum absolute atomic E-state index is 0.627. The molecule has 0 aliphatic heterocycles. The molecule has 19 heavy (non-hydrogen) atoms. The van der Waals surface area contributed by atoms with Crippen LogP contribution in [0.1, 0.15) is 29.5 Å². The van der Waals surface area contributed by atoms with Gasteiger partial charge >= 0.3 is 6.18 Å². The van der Waals surface area contributed by atoms with E-state index in [-0.39, 0.29) is 0 Å². The van der Waals surface area contributed by atoms with Crippen LogP contribution in [-0.4, -0.2) is 4.98 Å². The highest BCUT2D eigenvalue weighted by Gasteiger charge is 2.30. The maximum absolute atomic E-state index is 12.5. The summed E-state index contributed by atoms with van der Waals surface area (Å²) in [4.78, 5) is 5.63. The molecule has 1 heterocycles. The molecule has 0 atom stereocenters. The predicted octanol–water partition coefficient (Wildman–Crippen LogP) is 5.09. The second kappa shape index (κ2) is 5.33. The summed E-state index contributed by atoms with van der Waals surface area (Å²) in [6.07, 6.45) is -2.29. The number of alkyl halides is 3. The van der Waals surface area contributed by atoms with Gasteiger partial charge in [0.15, 0.2) is 0 Å². The first kappa shape index (κ1) is 14.1. The van der Waals surface area contributed by atoms with Gasteiger partial charge in [-0.15, -0.1) is 11.3 Å². The molecule has 5 heteroatoms. The van der Waals surface area contributed by atoms with Crippen LogP contribution in [0.3, 0.4) is 0 Å². The molecular weight excluding hydrogens is 271 g/mol. The SMILES string of the molecule is CCCc1sc(-c2ccc(C(F)(F)F)cc2)nc1C. The van der Waals surface area contributed by atoms with Gasteiger partial charge in [-0.2, -0.15) is 13.2 Å². The van der Waals surface area contributed by atoms with Gasteiger partial charge < -0.3 is 0 Å². The van der Waals surface area contributed by atoms with Crippen LogP contribution in [0.5, 0.6) is 0 Å². The molecule has 0 fully saturated rings. The van der Waals surface area contributed by atoms with Gasteiger partial charge in [0, 0.05) is 10.4 Å².